The van der Waals surface area contributed by atoms with Crippen LogP contribution in [-0.2, 0) is 24.9 Å². The van der Waals surface area contributed by atoms with Gasteiger partial charge in [-0.3, -0.25) is 9.35 Å². The van der Waals surface area contributed by atoms with Crippen molar-refractivity contribution >= 4 is 42.7 Å². The van der Waals surface area contributed by atoms with Crippen LogP contribution in [0.4, 0.5) is 5.69 Å². The molecule has 2 aromatic carbocycles. The lowest BCUT2D eigenvalue weighted by Crippen LogP contribution is -2.30. The van der Waals surface area contributed by atoms with Gasteiger partial charge in [0, 0.05) is 71.6 Å². The van der Waals surface area contributed by atoms with E-state index in [1.807, 2.05) is 36.4 Å². The molecule has 1 aliphatic heterocycles. The molecule has 0 fully saturated rings. The number of hydrogen-bond donors (Lipinski definition) is 3. The molecule has 0 aromatic heterocycles. The average molecular weight is 684 g/mol. The van der Waals surface area contributed by atoms with Gasteiger partial charge in [-0.1, -0.05) is 12.6 Å². The zero-order chi connectivity index (χ0) is 34.5. The molecular weight excluding hydrogens is 641 g/mol. The summed E-state index contributed by atoms with van der Waals surface area (Å²) in [5, 5.41) is 4.15. The third-order valence-electron chi connectivity index (χ3n) is 8.08. The van der Waals surface area contributed by atoms with Crippen molar-refractivity contribution in [2.24, 2.45) is 0 Å². The van der Waals surface area contributed by atoms with Crippen LogP contribution in [0.1, 0.15) is 41.0 Å². The maximum Gasteiger partial charge on any atom is 0.295 e. The minimum absolute atomic E-state index is 0.0129. The van der Waals surface area contributed by atoms with Gasteiger partial charge in [0.05, 0.1) is 11.0 Å². The number of hydrogen-bond acceptors (Lipinski definition) is 7. The van der Waals surface area contributed by atoms with Gasteiger partial charge in [0.2, 0.25) is 21.3 Å². The summed E-state index contributed by atoms with van der Waals surface area (Å²) in [7, 11) is -9.07. The Morgan fingerprint density at radius 1 is 0.915 bits per heavy atom. The van der Waals surface area contributed by atoms with Crippen LogP contribution in [0.2, 0.25) is 0 Å². The summed E-state index contributed by atoms with van der Waals surface area (Å²) in [5.41, 5.74) is 2.98. The molecule has 47 heavy (non-hydrogen) atoms. The number of amides is 1. The Bertz CT molecular complexity index is 2060. The molecule has 0 spiro atoms. The number of carbonyl (C=O) groups is 1. The fourth-order valence-corrected chi connectivity index (χ4v) is 7.45. The van der Waals surface area contributed by atoms with Crippen molar-refractivity contribution in [3.63, 3.8) is 0 Å². The van der Waals surface area contributed by atoms with E-state index in [1.54, 1.807) is 6.92 Å². The van der Waals surface area contributed by atoms with Gasteiger partial charge in [-0.15, -0.1) is 0 Å². The lowest BCUT2D eigenvalue weighted by atomic mass is 9.93. The van der Waals surface area contributed by atoms with Crippen molar-refractivity contribution in [2.75, 3.05) is 44.2 Å². The molecule has 0 bridgehead atoms. The van der Waals surface area contributed by atoms with Gasteiger partial charge >= 0.3 is 0 Å². The second kappa shape index (κ2) is 14.8. The molecule has 1 heterocycles. The topological polar surface area (TPSA) is 149 Å². The fraction of sp³-hybridized carbons (Fsp3) is 0.353. The number of nitrogens with zero attached hydrogens (tertiary/aromatic N) is 2. The summed E-state index contributed by atoms with van der Waals surface area (Å²) in [4.78, 5) is 13.0. The third kappa shape index (κ3) is 7.92. The van der Waals surface area contributed by atoms with E-state index in [0.717, 1.165) is 43.3 Å². The van der Waals surface area contributed by atoms with Gasteiger partial charge < -0.3 is 14.6 Å². The van der Waals surface area contributed by atoms with Gasteiger partial charge in [-0.05, 0) is 71.4 Å². The normalized spacial score (nSPS) is 12.0. The Morgan fingerprint density at radius 3 is 2.21 bits per heavy atom. The molecule has 0 radical (unpaired) electrons. The van der Waals surface area contributed by atoms with Crippen molar-refractivity contribution in [3.05, 3.63) is 72.1 Å². The summed E-state index contributed by atoms with van der Waals surface area (Å²) in [6, 6.07) is 15.1. The lowest BCUT2D eigenvalue weighted by Gasteiger charge is -2.22. The Labute approximate surface area is 276 Å². The molecular formula is C34H43N4O7S2+. The molecule has 4 rings (SSSR count). The van der Waals surface area contributed by atoms with Crippen LogP contribution in [-0.4, -0.2) is 66.6 Å². The monoisotopic (exact) mass is 683 g/mol. The van der Waals surface area contributed by atoms with Crippen LogP contribution in [0.15, 0.2) is 81.0 Å². The van der Waals surface area contributed by atoms with Crippen LogP contribution >= 0.6 is 0 Å². The van der Waals surface area contributed by atoms with E-state index >= 15 is 0 Å². The third-order valence-corrected chi connectivity index (χ3v) is 10.4. The second-order valence-electron chi connectivity index (χ2n) is 11.1. The average Bonchev–Trinajstić information content (AvgIpc) is 3.03. The highest BCUT2D eigenvalue weighted by Crippen LogP contribution is 2.43. The first-order valence-electron chi connectivity index (χ1n) is 15.6. The van der Waals surface area contributed by atoms with Crippen molar-refractivity contribution in [1.82, 2.24) is 14.6 Å². The predicted octanol–water partition coefficient (Wildman–Crippen LogP) is 4.47. The summed E-state index contributed by atoms with van der Waals surface area (Å²) in [6.07, 6.45) is 0.290. The Kier molecular flexibility index (Phi) is 11.3. The SMILES string of the molecule is C=C(C)C(=O)NCCCNS(=O)(=O)c1ccc(-c2c3ccc(=[N+](CC)CC)cc-3oc3cc(N(CC)CC)ccc23)c(S(=O)(=O)O)c1. The van der Waals surface area contributed by atoms with Crippen molar-refractivity contribution < 1.29 is 30.6 Å². The quantitative estimate of drug-likeness (QED) is 0.0580. The molecule has 1 amide bonds. The Hall–Kier alpha value is -4.04. The minimum atomic E-state index is -4.90. The highest BCUT2D eigenvalue weighted by atomic mass is 32.2. The maximum atomic E-state index is 13.2. The van der Waals surface area contributed by atoms with Crippen LogP contribution in [0.3, 0.4) is 0 Å². The van der Waals surface area contributed by atoms with Crippen LogP contribution < -0.4 is 24.9 Å². The van der Waals surface area contributed by atoms with Gasteiger partial charge in [-0.2, -0.15) is 8.42 Å². The van der Waals surface area contributed by atoms with Crippen molar-refractivity contribution in [1.29, 1.82) is 0 Å². The molecule has 2 aliphatic rings. The molecule has 252 valence electrons. The first-order chi connectivity index (χ1) is 22.2. The zero-order valence-electron chi connectivity index (χ0n) is 27.5. The molecule has 0 unspecified atom stereocenters. The second-order valence-corrected chi connectivity index (χ2v) is 14.3. The number of carbonyl (C=O) groups excluding carboxylic acids is 1. The number of anilines is 1. The summed E-state index contributed by atoms with van der Waals surface area (Å²) < 4.78 is 73.7. The molecule has 0 saturated carbocycles. The number of sulfonamides is 1. The molecule has 2 aromatic rings. The van der Waals surface area contributed by atoms with Crippen LogP contribution in [0.25, 0.3) is 33.4 Å². The van der Waals surface area contributed by atoms with Gasteiger partial charge in [0.1, 0.15) is 29.3 Å². The van der Waals surface area contributed by atoms with E-state index in [0.29, 0.717) is 33.4 Å². The van der Waals surface area contributed by atoms with Gasteiger partial charge in [0.25, 0.3) is 10.1 Å². The highest BCUT2D eigenvalue weighted by molar-refractivity contribution is 7.89. The Balaban J connectivity index is 1.90. The molecule has 11 nitrogen and oxygen atoms in total. The first kappa shape index (κ1) is 35.8. The van der Waals surface area contributed by atoms with Crippen LogP contribution in [0, 0.1) is 0 Å². The molecule has 0 saturated heterocycles. The summed E-state index contributed by atoms with van der Waals surface area (Å²) in [6.45, 7) is 16.6. The van der Waals surface area contributed by atoms with Crippen molar-refractivity contribution in [3.8, 4) is 22.5 Å². The number of nitrogens with one attached hydrogen (secondary N) is 2. The summed E-state index contributed by atoms with van der Waals surface area (Å²) in [5.74, 6) is 0.176. The zero-order valence-corrected chi connectivity index (χ0v) is 29.1. The standard InChI is InChI=1S/C34H42N4O7S2/c1-7-37(8-2)24-12-15-27-30(20-24)45-31-21-25(38(9-3)10-4)13-16-28(31)33(27)29-17-14-26(22-32(29)47(42,43)44)46(40,41)36-19-11-18-35-34(39)23(5)6/h12-17,20-22,36H,5,7-11,18-19H2,1-4,6H3,(H-,35,39,42,43,44)/p+1. The molecule has 1 aliphatic carbocycles. The smallest absolute Gasteiger partial charge is 0.295 e. The van der Waals surface area contributed by atoms with E-state index in [4.69, 9.17) is 4.42 Å². The summed E-state index contributed by atoms with van der Waals surface area (Å²) >= 11 is 0. The maximum absolute atomic E-state index is 13.2. The van der Waals surface area contributed by atoms with E-state index in [1.165, 1.54) is 12.1 Å². The van der Waals surface area contributed by atoms with Gasteiger partial charge in [-0.25, -0.2) is 17.7 Å². The van der Waals surface area contributed by atoms with E-state index < -0.39 is 25.0 Å². The largest absolute Gasteiger partial charge is 0.456 e. The van der Waals surface area contributed by atoms with Crippen LogP contribution in [0.5, 0.6) is 0 Å². The molecule has 13 heteroatoms. The Morgan fingerprint density at radius 2 is 1.60 bits per heavy atom. The number of benzene rings is 3. The van der Waals surface area contributed by atoms with Gasteiger partial charge in [0.15, 0.2) is 0 Å². The molecule has 3 N–H and O–H groups in total. The lowest BCUT2D eigenvalue weighted by molar-refractivity contribution is -0.117. The fourth-order valence-electron chi connectivity index (χ4n) is 5.55. The first-order valence-corrected chi connectivity index (χ1v) is 18.6. The van der Waals surface area contributed by atoms with E-state index in [-0.39, 0.29) is 35.9 Å². The van der Waals surface area contributed by atoms with E-state index in [2.05, 4.69) is 53.8 Å². The predicted molar refractivity (Wildman–Crippen MR) is 186 cm³/mol. The van der Waals surface area contributed by atoms with E-state index in [9.17, 15) is 26.2 Å². The highest BCUT2D eigenvalue weighted by Gasteiger charge is 2.27. The number of rotatable bonds is 14. The van der Waals surface area contributed by atoms with Crippen molar-refractivity contribution in [2.45, 2.75) is 50.8 Å². The minimum Gasteiger partial charge on any atom is -0.456 e. The number of fused-ring (bicyclic) bond motifs is 2. The molecule has 0 atom stereocenters.